The van der Waals surface area contributed by atoms with Crippen LogP contribution in [-0.4, -0.2) is 5.91 Å². The Balaban J connectivity index is 1.73. The van der Waals surface area contributed by atoms with Crippen molar-refractivity contribution in [3.8, 4) is 0 Å². The number of aryl methyl sites for hydroxylation is 2. The van der Waals surface area contributed by atoms with E-state index in [2.05, 4.69) is 33.4 Å². The lowest BCUT2D eigenvalue weighted by molar-refractivity contribution is -0.115. The van der Waals surface area contributed by atoms with Gasteiger partial charge in [-0.15, -0.1) is 0 Å². The molecule has 0 aromatic heterocycles. The van der Waals surface area contributed by atoms with Gasteiger partial charge in [-0.2, -0.15) is 0 Å². The number of carbonyl (C=O) groups excluding carboxylic acids is 1. The SMILES string of the molecule is O=C(Nc1ccc2c(c1)CCC2)[C@H](Br)c1ccccc1. The van der Waals surface area contributed by atoms with Crippen molar-refractivity contribution in [2.45, 2.75) is 24.1 Å². The Kier molecular flexibility index (Phi) is 3.88. The third kappa shape index (κ3) is 2.78. The van der Waals surface area contributed by atoms with Gasteiger partial charge >= 0.3 is 0 Å². The molecule has 2 aromatic carbocycles. The van der Waals surface area contributed by atoms with Gasteiger partial charge in [0.15, 0.2) is 0 Å². The number of amides is 1. The van der Waals surface area contributed by atoms with Crippen molar-refractivity contribution >= 4 is 27.5 Å². The van der Waals surface area contributed by atoms with Gasteiger partial charge in [0.1, 0.15) is 4.83 Å². The smallest absolute Gasteiger partial charge is 0.242 e. The van der Waals surface area contributed by atoms with Gasteiger partial charge in [0.05, 0.1) is 0 Å². The Morgan fingerprint density at radius 3 is 2.60 bits per heavy atom. The van der Waals surface area contributed by atoms with Crippen molar-refractivity contribution in [2.24, 2.45) is 0 Å². The van der Waals surface area contributed by atoms with E-state index in [1.807, 2.05) is 36.4 Å². The number of hydrogen-bond acceptors (Lipinski definition) is 1. The third-order valence-electron chi connectivity index (χ3n) is 3.69. The van der Waals surface area contributed by atoms with Crippen LogP contribution < -0.4 is 5.32 Å². The predicted molar refractivity (Wildman–Crippen MR) is 85.2 cm³/mol. The fraction of sp³-hybridized carbons (Fsp3) is 0.235. The Labute approximate surface area is 127 Å². The van der Waals surface area contributed by atoms with Crippen LogP contribution in [-0.2, 0) is 17.6 Å². The molecule has 3 rings (SSSR count). The highest BCUT2D eigenvalue weighted by molar-refractivity contribution is 9.09. The van der Waals surface area contributed by atoms with Crippen LogP contribution in [0.2, 0.25) is 0 Å². The van der Waals surface area contributed by atoms with E-state index in [4.69, 9.17) is 0 Å². The van der Waals surface area contributed by atoms with E-state index in [0.29, 0.717) is 0 Å². The average Bonchev–Trinajstić information content (AvgIpc) is 2.95. The monoisotopic (exact) mass is 329 g/mol. The van der Waals surface area contributed by atoms with Crippen LogP contribution in [0.1, 0.15) is 27.9 Å². The Hall–Kier alpha value is -1.61. The summed E-state index contributed by atoms with van der Waals surface area (Å²) in [7, 11) is 0. The maximum Gasteiger partial charge on any atom is 0.242 e. The molecule has 1 N–H and O–H groups in total. The molecule has 1 aliphatic carbocycles. The summed E-state index contributed by atoms with van der Waals surface area (Å²) in [5, 5.41) is 2.98. The maximum absolute atomic E-state index is 12.3. The summed E-state index contributed by atoms with van der Waals surface area (Å²) in [6.45, 7) is 0. The highest BCUT2D eigenvalue weighted by atomic mass is 79.9. The Morgan fingerprint density at radius 2 is 1.80 bits per heavy atom. The molecule has 0 spiro atoms. The first kappa shape index (κ1) is 13.4. The normalized spacial score (nSPS) is 14.7. The molecule has 0 bridgehead atoms. The quantitative estimate of drug-likeness (QED) is 0.838. The fourth-order valence-electron chi connectivity index (χ4n) is 2.63. The summed E-state index contributed by atoms with van der Waals surface area (Å²) >= 11 is 3.46. The highest BCUT2D eigenvalue weighted by Gasteiger charge is 2.18. The Morgan fingerprint density at radius 1 is 1.05 bits per heavy atom. The van der Waals surface area contributed by atoms with E-state index >= 15 is 0 Å². The number of fused-ring (bicyclic) bond motifs is 1. The molecular weight excluding hydrogens is 314 g/mol. The van der Waals surface area contributed by atoms with E-state index in [1.165, 1.54) is 17.5 Å². The molecule has 0 aliphatic heterocycles. The second kappa shape index (κ2) is 5.80. The molecule has 0 saturated carbocycles. The van der Waals surface area contributed by atoms with Gasteiger partial charge in [-0.1, -0.05) is 52.3 Å². The zero-order valence-corrected chi connectivity index (χ0v) is 12.7. The number of carbonyl (C=O) groups is 1. The van der Waals surface area contributed by atoms with Gasteiger partial charge in [0.2, 0.25) is 5.91 Å². The van der Waals surface area contributed by atoms with Gasteiger partial charge in [0, 0.05) is 5.69 Å². The number of rotatable bonds is 3. The first-order valence-electron chi connectivity index (χ1n) is 6.86. The number of anilines is 1. The molecule has 0 heterocycles. The lowest BCUT2D eigenvalue weighted by Crippen LogP contribution is -2.17. The summed E-state index contributed by atoms with van der Waals surface area (Å²) in [5.41, 5.74) is 4.64. The molecule has 102 valence electrons. The van der Waals surface area contributed by atoms with E-state index < -0.39 is 0 Å². The first-order chi connectivity index (χ1) is 9.74. The van der Waals surface area contributed by atoms with Crippen LogP contribution in [0.5, 0.6) is 0 Å². The van der Waals surface area contributed by atoms with Gasteiger partial charge in [-0.3, -0.25) is 4.79 Å². The van der Waals surface area contributed by atoms with E-state index in [1.54, 1.807) is 0 Å². The fourth-order valence-corrected chi connectivity index (χ4v) is 3.05. The predicted octanol–water partition coefficient (Wildman–Crippen LogP) is 4.25. The molecule has 1 atom stereocenters. The molecule has 2 nitrogen and oxygen atoms in total. The molecule has 1 amide bonds. The van der Waals surface area contributed by atoms with Crippen LogP contribution in [0.4, 0.5) is 5.69 Å². The van der Waals surface area contributed by atoms with Gasteiger partial charge in [-0.05, 0) is 48.1 Å². The minimum Gasteiger partial charge on any atom is -0.325 e. The molecule has 2 aromatic rings. The number of halogens is 1. The Bertz CT molecular complexity index is 624. The summed E-state index contributed by atoms with van der Waals surface area (Å²) in [4.78, 5) is 11.9. The van der Waals surface area contributed by atoms with Crippen molar-refractivity contribution in [1.29, 1.82) is 0 Å². The standard InChI is InChI=1S/C17H16BrNO/c18-16(13-5-2-1-3-6-13)17(20)19-15-10-9-12-7-4-8-14(12)11-15/h1-3,5-6,9-11,16H,4,7-8H2,(H,19,20)/t16-/m1/s1. The molecular formula is C17H16BrNO. The second-order valence-electron chi connectivity index (χ2n) is 5.10. The lowest BCUT2D eigenvalue weighted by Gasteiger charge is -2.12. The first-order valence-corrected chi connectivity index (χ1v) is 7.77. The van der Waals surface area contributed by atoms with Gasteiger partial charge in [0.25, 0.3) is 0 Å². The molecule has 1 aliphatic rings. The van der Waals surface area contributed by atoms with Crippen LogP contribution in [0.15, 0.2) is 48.5 Å². The molecule has 0 unspecified atom stereocenters. The topological polar surface area (TPSA) is 29.1 Å². The molecule has 3 heteroatoms. The molecule has 0 radical (unpaired) electrons. The number of hydrogen-bond donors (Lipinski definition) is 1. The molecule has 0 fully saturated rings. The number of alkyl halides is 1. The zero-order chi connectivity index (χ0) is 13.9. The molecule has 20 heavy (non-hydrogen) atoms. The minimum absolute atomic E-state index is 0.0332. The van der Waals surface area contributed by atoms with E-state index in [-0.39, 0.29) is 10.7 Å². The van der Waals surface area contributed by atoms with Crippen molar-refractivity contribution in [3.05, 3.63) is 65.2 Å². The number of nitrogens with one attached hydrogen (secondary N) is 1. The number of benzene rings is 2. The van der Waals surface area contributed by atoms with Crippen molar-refractivity contribution in [2.75, 3.05) is 5.32 Å². The van der Waals surface area contributed by atoms with E-state index in [9.17, 15) is 4.79 Å². The summed E-state index contributed by atoms with van der Waals surface area (Å²) < 4.78 is 0. The summed E-state index contributed by atoms with van der Waals surface area (Å²) in [6, 6.07) is 15.9. The van der Waals surface area contributed by atoms with Crippen molar-refractivity contribution in [3.63, 3.8) is 0 Å². The largest absolute Gasteiger partial charge is 0.325 e. The van der Waals surface area contributed by atoms with Crippen molar-refractivity contribution in [1.82, 2.24) is 0 Å². The third-order valence-corrected chi connectivity index (χ3v) is 4.63. The van der Waals surface area contributed by atoms with Crippen LogP contribution >= 0.6 is 15.9 Å². The minimum atomic E-state index is -0.322. The van der Waals surface area contributed by atoms with Crippen LogP contribution in [0, 0.1) is 0 Å². The average molecular weight is 330 g/mol. The zero-order valence-electron chi connectivity index (χ0n) is 11.1. The lowest BCUT2D eigenvalue weighted by atomic mass is 10.1. The van der Waals surface area contributed by atoms with Crippen molar-refractivity contribution < 1.29 is 4.79 Å². The highest BCUT2D eigenvalue weighted by Crippen LogP contribution is 2.27. The van der Waals surface area contributed by atoms with Gasteiger partial charge in [-0.25, -0.2) is 0 Å². The summed E-state index contributed by atoms with van der Waals surface area (Å²) in [6.07, 6.45) is 3.50. The summed E-state index contributed by atoms with van der Waals surface area (Å²) in [5.74, 6) is -0.0332. The molecule has 0 saturated heterocycles. The maximum atomic E-state index is 12.3. The second-order valence-corrected chi connectivity index (χ2v) is 6.02. The van der Waals surface area contributed by atoms with Gasteiger partial charge < -0.3 is 5.32 Å². The van der Waals surface area contributed by atoms with Crippen LogP contribution in [0.25, 0.3) is 0 Å². The van der Waals surface area contributed by atoms with Crippen LogP contribution in [0.3, 0.4) is 0 Å². The van der Waals surface area contributed by atoms with E-state index in [0.717, 1.165) is 24.1 Å².